The lowest BCUT2D eigenvalue weighted by Gasteiger charge is -2.13. The van der Waals surface area contributed by atoms with Crippen molar-refractivity contribution in [3.63, 3.8) is 0 Å². The first-order chi connectivity index (χ1) is 8.19. The quantitative estimate of drug-likeness (QED) is 0.453. The number of methoxy groups -OCH3 is 2. The molecule has 1 heterocycles. The van der Waals surface area contributed by atoms with Crippen LogP contribution in [-0.4, -0.2) is 41.8 Å². The summed E-state index contributed by atoms with van der Waals surface area (Å²) in [7, 11) is 3.14. The number of nitrogens with zero attached hydrogens (tertiary/aromatic N) is 3. The normalized spacial score (nSPS) is 12.0. The Labute approximate surface area is 99.9 Å². The molecule has 0 bridgehead atoms. The van der Waals surface area contributed by atoms with E-state index in [0.717, 1.165) is 6.42 Å². The van der Waals surface area contributed by atoms with Gasteiger partial charge >= 0.3 is 6.01 Å². The highest BCUT2D eigenvalue weighted by Crippen LogP contribution is 2.11. The summed E-state index contributed by atoms with van der Waals surface area (Å²) in [6, 6.07) is 0.377. The number of aromatic nitrogens is 3. The minimum atomic E-state index is 0.174. The van der Waals surface area contributed by atoms with E-state index in [1.54, 1.807) is 7.11 Å². The standard InChI is InChI=1S/C9H18N6O2/c1-6(4-5-16-2)11-7-12-8(15-10)14-9(13-7)17-3/h6H,4-5,10H2,1-3H3,(H2,11,12,13,14,15). The van der Waals surface area contributed by atoms with E-state index in [4.69, 9.17) is 15.3 Å². The lowest BCUT2D eigenvalue weighted by Crippen LogP contribution is -2.20. The van der Waals surface area contributed by atoms with Crippen LogP contribution in [-0.2, 0) is 4.74 Å². The van der Waals surface area contributed by atoms with E-state index in [2.05, 4.69) is 25.7 Å². The number of nitrogens with two attached hydrogens (primary N) is 1. The largest absolute Gasteiger partial charge is 0.467 e. The van der Waals surface area contributed by atoms with Gasteiger partial charge in [0, 0.05) is 19.8 Å². The number of nitrogen functional groups attached to an aromatic ring is 1. The van der Waals surface area contributed by atoms with Gasteiger partial charge < -0.3 is 14.8 Å². The molecule has 17 heavy (non-hydrogen) atoms. The van der Waals surface area contributed by atoms with Gasteiger partial charge in [0.2, 0.25) is 11.9 Å². The van der Waals surface area contributed by atoms with E-state index in [9.17, 15) is 0 Å². The van der Waals surface area contributed by atoms with E-state index in [1.807, 2.05) is 6.92 Å². The maximum absolute atomic E-state index is 5.25. The minimum absolute atomic E-state index is 0.174. The Hall–Kier alpha value is -1.67. The van der Waals surface area contributed by atoms with Crippen LogP contribution in [0.3, 0.4) is 0 Å². The number of ether oxygens (including phenoxy) is 2. The molecule has 1 aromatic rings. The van der Waals surface area contributed by atoms with Gasteiger partial charge in [-0.05, 0) is 13.3 Å². The molecule has 4 N–H and O–H groups in total. The van der Waals surface area contributed by atoms with Crippen LogP contribution in [0.5, 0.6) is 6.01 Å². The van der Waals surface area contributed by atoms with Crippen molar-refractivity contribution in [3.8, 4) is 6.01 Å². The van der Waals surface area contributed by atoms with E-state index >= 15 is 0 Å². The first-order valence-electron chi connectivity index (χ1n) is 5.21. The van der Waals surface area contributed by atoms with Crippen LogP contribution in [0.2, 0.25) is 0 Å². The third kappa shape index (κ3) is 4.37. The molecule has 8 heteroatoms. The molecule has 0 aliphatic rings. The van der Waals surface area contributed by atoms with Gasteiger partial charge in [-0.1, -0.05) is 0 Å². The monoisotopic (exact) mass is 242 g/mol. The SMILES string of the molecule is COCCC(C)Nc1nc(NN)nc(OC)n1. The molecule has 1 rings (SSSR count). The molecular weight excluding hydrogens is 224 g/mol. The second-order valence-electron chi connectivity index (χ2n) is 3.44. The summed E-state index contributed by atoms with van der Waals surface area (Å²) in [5.41, 5.74) is 2.35. The Morgan fingerprint density at radius 2 is 1.94 bits per heavy atom. The van der Waals surface area contributed by atoms with Crippen LogP contribution in [0.15, 0.2) is 0 Å². The zero-order valence-electron chi connectivity index (χ0n) is 10.2. The minimum Gasteiger partial charge on any atom is -0.467 e. The summed E-state index contributed by atoms with van der Waals surface area (Å²) >= 11 is 0. The van der Waals surface area contributed by atoms with Crippen molar-refractivity contribution in [2.75, 3.05) is 31.6 Å². The van der Waals surface area contributed by atoms with E-state index in [-0.39, 0.29) is 18.0 Å². The summed E-state index contributed by atoms with van der Waals surface area (Å²) in [5, 5.41) is 3.11. The maximum Gasteiger partial charge on any atom is 0.322 e. The van der Waals surface area contributed by atoms with Gasteiger partial charge in [0.05, 0.1) is 7.11 Å². The number of hydrogen-bond donors (Lipinski definition) is 3. The molecule has 96 valence electrons. The Morgan fingerprint density at radius 3 is 2.53 bits per heavy atom. The van der Waals surface area contributed by atoms with Crippen LogP contribution in [0.25, 0.3) is 0 Å². The Balaban J connectivity index is 2.68. The van der Waals surface area contributed by atoms with Crippen LogP contribution < -0.4 is 21.3 Å². The molecule has 0 fully saturated rings. The van der Waals surface area contributed by atoms with Crippen LogP contribution >= 0.6 is 0 Å². The zero-order valence-corrected chi connectivity index (χ0v) is 10.2. The van der Waals surface area contributed by atoms with E-state index < -0.39 is 0 Å². The van der Waals surface area contributed by atoms with Crippen molar-refractivity contribution in [1.29, 1.82) is 0 Å². The first kappa shape index (κ1) is 13.4. The molecule has 8 nitrogen and oxygen atoms in total. The Kier molecular flexibility index (Phi) is 5.37. The summed E-state index contributed by atoms with van der Waals surface area (Å²) in [5.74, 6) is 5.91. The van der Waals surface area contributed by atoms with Gasteiger partial charge in [0.15, 0.2) is 0 Å². The second-order valence-corrected chi connectivity index (χ2v) is 3.44. The predicted octanol–water partition coefficient (Wildman–Crippen LogP) is 0.00270. The smallest absolute Gasteiger partial charge is 0.322 e. The molecule has 0 amide bonds. The Morgan fingerprint density at radius 1 is 1.24 bits per heavy atom. The number of hydrogen-bond acceptors (Lipinski definition) is 8. The van der Waals surface area contributed by atoms with Crippen molar-refractivity contribution < 1.29 is 9.47 Å². The van der Waals surface area contributed by atoms with Crippen molar-refractivity contribution >= 4 is 11.9 Å². The molecule has 0 radical (unpaired) electrons. The van der Waals surface area contributed by atoms with Gasteiger partial charge in [-0.2, -0.15) is 15.0 Å². The van der Waals surface area contributed by atoms with Gasteiger partial charge in [0.25, 0.3) is 0 Å². The third-order valence-corrected chi connectivity index (χ3v) is 2.06. The van der Waals surface area contributed by atoms with Gasteiger partial charge in [0.1, 0.15) is 0 Å². The molecule has 1 aromatic heterocycles. The van der Waals surface area contributed by atoms with E-state index in [1.165, 1.54) is 7.11 Å². The lowest BCUT2D eigenvalue weighted by atomic mass is 10.2. The summed E-state index contributed by atoms with van der Waals surface area (Å²) < 4.78 is 9.93. The van der Waals surface area contributed by atoms with Crippen LogP contribution in [0.1, 0.15) is 13.3 Å². The Bertz CT molecular complexity index is 326. The summed E-state index contributed by atoms with van der Waals surface area (Å²) in [6.07, 6.45) is 0.843. The average molecular weight is 242 g/mol. The molecule has 0 aromatic carbocycles. The third-order valence-electron chi connectivity index (χ3n) is 2.06. The fourth-order valence-electron chi connectivity index (χ4n) is 1.16. The second kappa shape index (κ2) is 6.81. The average Bonchev–Trinajstić information content (AvgIpc) is 2.35. The lowest BCUT2D eigenvalue weighted by molar-refractivity contribution is 0.191. The van der Waals surface area contributed by atoms with Crippen molar-refractivity contribution in [2.24, 2.45) is 5.84 Å². The van der Waals surface area contributed by atoms with Crippen molar-refractivity contribution in [3.05, 3.63) is 0 Å². The van der Waals surface area contributed by atoms with Crippen LogP contribution in [0.4, 0.5) is 11.9 Å². The number of rotatable bonds is 7. The molecule has 0 saturated carbocycles. The maximum atomic E-state index is 5.25. The topological polar surface area (TPSA) is 107 Å². The number of hydrazine groups is 1. The fourth-order valence-corrected chi connectivity index (χ4v) is 1.16. The molecule has 0 aliphatic carbocycles. The van der Waals surface area contributed by atoms with Gasteiger partial charge in [-0.3, -0.25) is 5.43 Å². The molecule has 0 spiro atoms. The van der Waals surface area contributed by atoms with Gasteiger partial charge in [-0.15, -0.1) is 0 Å². The van der Waals surface area contributed by atoms with Crippen molar-refractivity contribution in [2.45, 2.75) is 19.4 Å². The van der Waals surface area contributed by atoms with E-state index in [0.29, 0.717) is 12.6 Å². The number of nitrogens with one attached hydrogen (secondary N) is 2. The molecule has 0 aliphatic heterocycles. The molecule has 0 saturated heterocycles. The first-order valence-corrected chi connectivity index (χ1v) is 5.21. The highest BCUT2D eigenvalue weighted by Gasteiger charge is 2.08. The summed E-state index contributed by atoms with van der Waals surface area (Å²) in [4.78, 5) is 12.0. The highest BCUT2D eigenvalue weighted by atomic mass is 16.5. The number of anilines is 2. The fraction of sp³-hybridized carbons (Fsp3) is 0.667. The zero-order chi connectivity index (χ0) is 12.7. The highest BCUT2D eigenvalue weighted by molar-refractivity contribution is 5.35. The van der Waals surface area contributed by atoms with Crippen molar-refractivity contribution in [1.82, 2.24) is 15.0 Å². The van der Waals surface area contributed by atoms with Gasteiger partial charge in [-0.25, -0.2) is 5.84 Å². The molecule has 1 unspecified atom stereocenters. The molecular formula is C9H18N6O2. The summed E-state index contributed by atoms with van der Waals surface area (Å²) in [6.45, 7) is 2.67. The molecule has 1 atom stereocenters. The van der Waals surface area contributed by atoms with Crippen LogP contribution in [0, 0.1) is 0 Å². The predicted molar refractivity (Wildman–Crippen MR) is 63.8 cm³/mol.